The molecule has 3 heteroatoms. The van der Waals surface area contributed by atoms with Gasteiger partial charge in [-0.05, 0) is 0 Å². The second kappa shape index (κ2) is 1.36. The van der Waals surface area contributed by atoms with E-state index in [1.807, 2.05) is 12.2 Å². The molecule has 2 rings (SSSR count). The number of carbonyl (C=O) groups is 1. The zero-order valence-electron chi connectivity index (χ0n) is 4.82. The Balaban J connectivity index is 2.15. The highest BCUT2D eigenvalue weighted by Gasteiger charge is 2.48. The molecule has 1 N–H and O–H groups in total. The first-order chi connectivity index (χ1) is 4.34. The van der Waals surface area contributed by atoms with Crippen LogP contribution in [0.1, 0.15) is 0 Å². The number of amides is 1. The Bertz CT molecular complexity index is 187. The molecule has 1 fully saturated rings. The van der Waals surface area contributed by atoms with Crippen LogP contribution >= 0.6 is 0 Å². The molecule has 1 saturated heterocycles. The second-order valence-electron chi connectivity index (χ2n) is 2.35. The van der Waals surface area contributed by atoms with Gasteiger partial charge in [0.15, 0.2) is 0 Å². The Hall–Kier alpha value is -0.830. The predicted molar refractivity (Wildman–Crippen MR) is 30.3 cm³/mol. The van der Waals surface area contributed by atoms with E-state index in [0.29, 0.717) is 0 Å². The summed E-state index contributed by atoms with van der Waals surface area (Å²) in [4.78, 5) is 12.2. The van der Waals surface area contributed by atoms with Crippen molar-refractivity contribution in [2.24, 2.45) is 5.92 Å². The molecule has 0 bridgehead atoms. The summed E-state index contributed by atoms with van der Waals surface area (Å²) in [6.45, 7) is -0.135. The van der Waals surface area contributed by atoms with Crippen molar-refractivity contribution in [1.29, 1.82) is 0 Å². The van der Waals surface area contributed by atoms with Gasteiger partial charge in [-0.15, -0.1) is 0 Å². The zero-order chi connectivity index (χ0) is 6.43. The minimum absolute atomic E-state index is 0.0602. The number of nitrogens with zero attached hydrogens (tertiary/aromatic N) is 1. The van der Waals surface area contributed by atoms with Gasteiger partial charge in [0.25, 0.3) is 0 Å². The highest BCUT2D eigenvalue weighted by Crippen LogP contribution is 2.35. The van der Waals surface area contributed by atoms with Gasteiger partial charge >= 0.3 is 0 Å². The molecular weight excluding hydrogens is 118 g/mol. The van der Waals surface area contributed by atoms with Gasteiger partial charge < -0.3 is 10.0 Å². The van der Waals surface area contributed by atoms with E-state index in [2.05, 4.69) is 0 Å². The van der Waals surface area contributed by atoms with Crippen molar-refractivity contribution in [1.82, 2.24) is 4.90 Å². The van der Waals surface area contributed by atoms with Crippen molar-refractivity contribution in [3.8, 4) is 0 Å². The Kier molecular flexibility index (Phi) is 0.754. The van der Waals surface area contributed by atoms with E-state index in [1.165, 1.54) is 4.90 Å². The van der Waals surface area contributed by atoms with Crippen molar-refractivity contribution in [2.75, 3.05) is 6.73 Å². The minimum atomic E-state index is -0.135. The summed E-state index contributed by atoms with van der Waals surface area (Å²) in [5.74, 6) is 0.169. The molecular formula is C6H7NO2. The van der Waals surface area contributed by atoms with Crippen molar-refractivity contribution < 1.29 is 9.90 Å². The number of aliphatic hydroxyl groups is 1. The number of rotatable bonds is 1. The number of hydrogen-bond donors (Lipinski definition) is 1. The van der Waals surface area contributed by atoms with Gasteiger partial charge in [0.1, 0.15) is 6.73 Å². The van der Waals surface area contributed by atoms with E-state index >= 15 is 0 Å². The molecule has 0 aromatic carbocycles. The molecule has 0 radical (unpaired) electrons. The first kappa shape index (κ1) is 4.99. The van der Waals surface area contributed by atoms with E-state index in [9.17, 15) is 4.79 Å². The van der Waals surface area contributed by atoms with Crippen LogP contribution < -0.4 is 0 Å². The highest BCUT2D eigenvalue weighted by atomic mass is 16.3. The Morgan fingerprint density at radius 1 is 1.67 bits per heavy atom. The molecule has 48 valence electrons. The van der Waals surface area contributed by atoms with Crippen LogP contribution in [-0.2, 0) is 4.79 Å². The fourth-order valence-electron chi connectivity index (χ4n) is 1.27. The lowest BCUT2D eigenvalue weighted by atomic mass is 9.79. The fraction of sp³-hybridized carbons (Fsp3) is 0.500. The summed E-state index contributed by atoms with van der Waals surface area (Å²) in [7, 11) is 0. The molecule has 3 nitrogen and oxygen atoms in total. The molecule has 0 spiro atoms. The lowest BCUT2D eigenvalue weighted by Crippen LogP contribution is -2.63. The topological polar surface area (TPSA) is 40.5 Å². The smallest absolute Gasteiger partial charge is 0.234 e. The Morgan fingerprint density at radius 3 is 2.67 bits per heavy atom. The van der Waals surface area contributed by atoms with Crippen LogP contribution in [0.15, 0.2) is 12.2 Å². The van der Waals surface area contributed by atoms with E-state index in [1.54, 1.807) is 0 Å². The average Bonchev–Trinajstić information content (AvgIpc) is 1.79. The third kappa shape index (κ3) is 0.390. The van der Waals surface area contributed by atoms with Crippen LogP contribution in [0.5, 0.6) is 0 Å². The van der Waals surface area contributed by atoms with Gasteiger partial charge in [0, 0.05) is 0 Å². The molecule has 9 heavy (non-hydrogen) atoms. The van der Waals surface area contributed by atoms with Crippen LogP contribution in [0.4, 0.5) is 0 Å². The SMILES string of the molecule is O=C1[C@H]2C=C[C@H]2N1CO. The maximum atomic E-state index is 10.8. The lowest BCUT2D eigenvalue weighted by molar-refractivity contribution is -0.158. The standard InChI is InChI=1S/C6H7NO2/c8-3-7-5-2-1-4(5)6(7)9/h1-2,4-5,8H,3H2/t4-,5+/m0/s1. The normalized spacial score (nSPS) is 37.4. The summed E-state index contributed by atoms with van der Waals surface area (Å²) in [6.07, 6.45) is 3.81. The van der Waals surface area contributed by atoms with E-state index in [0.717, 1.165) is 0 Å². The number of fused-ring (bicyclic) bond motifs is 1. The molecule has 2 atom stereocenters. The third-order valence-corrected chi connectivity index (χ3v) is 1.96. The van der Waals surface area contributed by atoms with Crippen LogP contribution in [-0.4, -0.2) is 28.7 Å². The Morgan fingerprint density at radius 2 is 2.44 bits per heavy atom. The van der Waals surface area contributed by atoms with Gasteiger partial charge in [-0.3, -0.25) is 4.79 Å². The third-order valence-electron chi connectivity index (χ3n) is 1.96. The van der Waals surface area contributed by atoms with Crippen LogP contribution in [0.2, 0.25) is 0 Å². The number of likely N-dealkylation sites (tertiary alicyclic amines) is 1. The van der Waals surface area contributed by atoms with Gasteiger partial charge in [-0.2, -0.15) is 0 Å². The first-order valence-corrected chi connectivity index (χ1v) is 2.94. The van der Waals surface area contributed by atoms with Gasteiger partial charge in [0.2, 0.25) is 5.91 Å². The van der Waals surface area contributed by atoms with Crippen LogP contribution in [0, 0.1) is 5.92 Å². The summed E-state index contributed by atoms with van der Waals surface area (Å²) in [6, 6.07) is 0.225. The molecule has 0 saturated carbocycles. The van der Waals surface area contributed by atoms with Crippen molar-refractivity contribution in [2.45, 2.75) is 6.04 Å². The number of aliphatic hydroxyl groups excluding tert-OH is 1. The zero-order valence-corrected chi connectivity index (χ0v) is 4.82. The number of β-lactam (4-membered cyclic amide) rings is 1. The summed E-state index contributed by atoms with van der Waals surface area (Å²) in [5.41, 5.74) is 0. The van der Waals surface area contributed by atoms with Gasteiger partial charge in [-0.1, -0.05) is 12.2 Å². The minimum Gasteiger partial charge on any atom is -0.376 e. The van der Waals surface area contributed by atoms with E-state index in [-0.39, 0.29) is 24.6 Å². The number of hydrogen-bond acceptors (Lipinski definition) is 2. The van der Waals surface area contributed by atoms with E-state index < -0.39 is 0 Å². The molecule has 1 aliphatic carbocycles. The van der Waals surface area contributed by atoms with Crippen molar-refractivity contribution >= 4 is 5.91 Å². The largest absolute Gasteiger partial charge is 0.376 e. The molecule has 0 aromatic rings. The van der Waals surface area contributed by atoms with Gasteiger partial charge in [0.05, 0.1) is 12.0 Å². The van der Waals surface area contributed by atoms with Gasteiger partial charge in [-0.25, -0.2) is 0 Å². The Labute approximate surface area is 52.6 Å². The maximum absolute atomic E-state index is 10.8. The fourth-order valence-corrected chi connectivity index (χ4v) is 1.27. The molecule has 1 heterocycles. The molecule has 0 aromatic heterocycles. The van der Waals surface area contributed by atoms with E-state index in [4.69, 9.17) is 5.11 Å². The quantitative estimate of drug-likeness (QED) is 0.373. The molecule has 1 aliphatic heterocycles. The molecule has 2 aliphatic rings. The van der Waals surface area contributed by atoms with Crippen LogP contribution in [0.3, 0.4) is 0 Å². The van der Waals surface area contributed by atoms with Crippen molar-refractivity contribution in [3.63, 3.8) is 0 Å². The molecule has 0 unspecified atom stereocenters. The summed E-state index contributed by atoms with van der Waals surface area (Å²) >= 11 is 0. The van der Waals surface area contributed by atoms with Crippen LogP contribution in [0.25, 0.3) is 0 Å². The highest BCUT2D eigenvalue weighted by molar-refractivity contribution is 5.90. The first-order valence-electron chi connectivity index (χ1n) is 2.94. The monoisotopic (exact) mass is 125 g/mol. The summed E-state index contributed by atoms with van der Waals surface area (Å²) < 4.78 is 0. The lowest BCUT2D eigenvalue weighted by Gasteiger charge is -2.48. The predicted octanol–water partition coefficient (Wildman–Crippen LogP) is -0.667. The maximum Gasteiger partial charge on any atom is 0.234 e. The molecule has 1 amide bonds. The second-order valence-corrected chi connectivity index (χ2v) is 2.35. The number of carbonyl (C=O) groups excluding carboxylic acids is 1. The van der Waals surface area contributed by atoms with Crippen molar-refractivity contribution in [3.05, 3.63) is 12.2 Å². The average molecular weight is 125 g/mol. The summed E-state index contributed by atoms with van der Waals surface area (Å²) in [5, 5.41) is 8.55.